The van der Waals surface area contributed by atoms with Gasteiger partial charge >= 0.3 is 5.69 Å². The molecular formula is C14H20N2O3. The lowest BCUT2D eigenvalue weighted by Crippen LogP contribution is -2.16. The van der Waals surface area contributed by atoms with Gasteiger partial charge in [0.1, 0.15) is 5.69 Å². The minimum Gasteiger partial charge on any atom is -0.484 e. The molecule has 0 fully saturated rings. The van der Waals surface area contributed by atoms with Crippen molar-refractivity contribution in [2.24, 2.45) is 0 Å². The first kappa shape index (κ1) is 15.0. The van der Waals surface area contributed by atoms with Crippen molar-refractivity contribution in [3.63, 3.8) is 0 Å². The van der Waals surface area contributed by atoms with Crippen LogP contribution in [0, 0.1) is 10.1 Å². The first-order chi connectivity index (χ1) is 8.95. The number of nitrogens with zero attached hydrogens (tertiary/aromatic N) is 1. The minimum atomic E-state index is -0.416. The summed E-state index contributed by atoms with van der Waals surface area (Å²) in [6.07, 6.45) is 2.39. The average molecular weight is 264 g/mol. The summed E-state index contributed by atoms with van der Waals surface area (Å²) in [5, 5.41) is 14.3. The van der Waals surface area contributed by atoms with Crippen molar-refractivity contribution in [3.05, 3.63) is 41.0 Å². The standard InChI is InChI=1S/C14H20N2O3/c1-5-7-11(4)15-12-8-6-9-13(19-10(2)3)14(12)16(17)18/h5-6,8-11,15H,1,7H2,2-4H3. The third-order valence-electron chi connectivity index (χ3n) is 2.47. The Morgan fingerprint density at radius 2 is 2.16 bits per heavy atom. The van der Waals surface area contributed by atoms with E-state index in [1.54, 1.807) is 24.3 Å². The van der Waals surface area contributed by atoms with Crippen LogP contribution in [0.4, 0.5) is 11.4 Å². The number of benzene rings is 1. The van der Waals surface area contributed by atoms with Crippen molar-refractivity contribution in [1.29, 1.82) is 0 Å². The van der Waals surface area contributed by atoms with E-state index in [2.05, 4.69) is 11.9 Å². The zero-order chi connectivity index (χ0) is 14.4. The van der Waals surface area contributed by atoms with E-state index in [1.165, 1.54) is 0 Å². The number of nitrogens with one attached hydrogen (secondary N) is 1. The summed E-state index contributed by atoms with van der Waals surface area (Å²) in [4.78, 5) is 10.8. The molecule has 0 aliphatic rings. The van der Waals surface area contributed by atoms with Crippen molar-refractivity contribution in [2.45, 2.75) is 39.3 Å². The third kappa shape index (κ3) is 4.28. The van der Waals surface area contributed by atoms with Crippen molar-refractivity contribution < 1.29 is 9.66 Å². The molecule has 19 heavy (non-hydrogen) atoms. The van der Waals surface area contributed by atoms with Crippen LogP contribution in [0.5, 0.6) is 5.75 Å². The molecule has 0 aliphatic heterocycles. The number of nitro groups is 1. The van der Waals surface area contributed by atoms with Crippen LogP contribution in [0.3, 0.4) is 0 Å². The van der Waals surface area contributed by atoms with Gasteiger partial charge < -0.3 is 10.1 Å². The summed E-state index contributed by atoms with van der Waals surface area (Å²) in [6, 6.07) is 5.12. The lowest BCUT2D eigenvalue weighted by Gasteiger charge is -2.16. The Hall–Kier alpha value is -2.04. The van der Waals surface area contributed by atoms with Crippen molar-refractivity contribution in [3.8, 4) is 5.75 Å². The van der Waals surface area contributed by atoms with Gasteiger partial charge in [-0.1, -0.05) is 12.1 Å². The van der Waals surface area contributed by atoms with Gasteiger partial charge in [0.2, 0.25) is 0 Å². The molecular weight excluding hydrogens is 244 g/mol. The lowest BCUT2D eigenvalue weighted by molar-refractivity contribution is -0.385. The molecule has 0 saturated heterocycles. The van der Waals surface area contributed by atoms with Crippen LogP contribution in [0.15, 0.2) is 30.9 Å². The number of hydrogen-bond donors (Lipinski definition) is 1. The highest BCUT2D eigenvalue weighted by atomic mass is 16.6. The van der Waals surface area contributed by atoms with E-state index in [1.807, 2.05) is 20.8 Å². The minimum absolute atomic E-state index is 0.0212. The first-order valence-corrected chi connectivity index (χ1v) is 6.27. The van der Waals surface area contributed by atoms with Crippen LogP contribution in [0.25, 0.3) is 0 Å². The van der Waals surface area contributed by atoms with Crippen LogP contribution >= 0.6 is 0 Å². The number of rotatable bonds is 7. The molecule has 0 radical (unpaired) electrons. The Labute approximate surface area is 113 Å². The van der Waals surface area contributed by atoms with Gasteiger partial charge in [-0.25, -0.2) is 0 Å². The fourth-order valence-corrected chi connectivity index (χ4v) is 1.75. The molecule has 1 unspecified atom stereocenters. The van der Waals surface area contributed by atoms with E-state index in [0.29, 0.717) is 5.69 Å². The molecule has 1 rings (SSSR count). The zero-order valence-electron chi connectivity index (χ0n) is 11.6. The van der Waals surface area contributed by atoms with Gasteiger partial charge in [0, 0.05) is 6.04 Å². The molecule has 104 valence electrons. The Kier molecular flexibility index (Phi) is 5.36. The second-order valence-corrected chi connectivity index (χ2v) is 4.65. The highest BCUT2D eigenvalue weighted by Crippen LogP contribution is 2.35. The summed E-state index contributed by atoms with van der Waals surface area (Å²) < 4.78 is 5.49. The summed E-state index contributed by atoms with van der Waals surface area (Å²) in [5.74, 6) is 0.288. The highest BCUT2D eigenvalue weighted by molar-refractivity contribution is 5.68. The van der Waals surface area contributed by atoms with Crippen LogP contribution in [0.1, 0.15) is 27.2 Å². The van der Waals surface area contributed by atoms with Gasteiger partial charge in [0.25, 0.3) is 0 Å². The maximum atomic E-state index is 11.2. The van der Waals surface area contributed by atoms with Crippen molar-refractivity contribution in [1.82, 2.24) is 0 Å². The Morgan fingerprint density at radius 3 is 2.68 bits per heavy atom. The van der Waals surface area contributed by atoms with E-state index in [9.17, 15) is 10.1 Å². The molecule has 5 heteroatoms. The topological polar surface area (TPSA) is 64.4 Å². The normalized spacial score (nSPS) is 12.0. The van der Waals surface area contributed by atoms with Crippen LogP contribution in [-0.2, 0) is 0 Å². The highest BCUT2D eigenvalue weighted by Gasteiger charge is 2.22. The molecule has 0 aliphatic carbocycles. The Balaban J connectivity index is 3.09. The molecule has 0 heterocycles. The Bertz CT molecular complexity index is 458. The van der Waals surface area contributed by atoms with E-state index < -0.39 is 4.92 Å². The van der Waals surface area contributed by atoms with E-state index in [-0.39, 0.29) is 23.6 Å². The van der Waals surface area contributed by atoms with Gasteiger partial charge in [-0.2, -0.15) is 0 Å². The quantitative estimate of drug-likeness (QED) is 0.462. The molecule has 5 nitrogen and oxygen atoms in total. The maximum absolute atomic E-state index is 11.2. The molecule has 1 atom stereocenters. The molecule has 0 bridgehead atoms. The largest absolute Gasteiger partial charge is 0.484 e. The van der Waals surface area contributed by atoms with Crippen molar-refractivity contribution in [2.75, 3.05) is 5.32 Å². The molecule has 1 aromatic rings. The number of hydrogen-bond acceptors (Lipinski definition) is 4. The lowest BCUT2D eigenvalue weighted by atomic mass is 10.2. The molecule has 1 N–H and O–H groups in total. The van der Waals surface area contributed by atoms with Crippen LogP contribution < -0.4 is 10.1 Å². The molecule has 1 aromatic carbocycles. The van der Waals surface area contributed by atoms with Gasteiger partial charge in [-0.15, -0.1) is 6.58 Å². The maximum Gasteiger partial charge on any atom is 0.333 e. The van der Waals surface area contributed by atoms with Gasteiger partial charge in [-0.05, 0) is 39.3 Å². The number of ether oxygens (including phenoxy) is 1. The first-order valence-electron chi connectivity index (χ1n) is 6.27. The fourth-order valence-electron chi connectivity index (χ4n) is 1.75. The average Bonchev–Trinajstić information content (AvgIpc) is 2.27. The van der Waals surface area contributed by atoms with Gasteiger partial charge in [-0.3, -0.25) is 10.1 Å². The van der Waals surface area contributed by atoms with E-state index in [0.717, 1.165) is 6.42 Å². The van der Waals surface area contributed by atoms with Gasteiger partial charge in [0.15, 0.2) is 5.75 Å². The Morgan fingerprint density at radius 1 is 1.47 bits per heavy atom. The predicted octanol–water partition coefficient (Wildman–Crippen LogP) is 3.76. The second kappa shape index (κ2) is 6.78. The smallest absolute Gasteiger partial charge is 0.333 e. The summed E-state index contributed by atoms with van der Waals surface area (Å²) in [7, 11) is 0. The monoisotopic (exact) mass is 264 g/mol. The van der Waals surface area contributed by atoms with Crippen LogP contribution in [-0.4, -0.2) is 17.1 Å². The molecule has 0 amide bonds. The molecule has 0 aromatic heterocycles. The predicted molar refractivity (Wildman–Crippen MR) is 76.8 cm³/mol. The molecule has 0 saturated carbocycles. The fraction of sp³-hybridized carbons (Fsp3) is 0.429. The summed E-state index contributed by atoms with van der Waals surface area (Å²) in [5.41, 5.74) is 0.449. The number of anilines is 1. The van der Waals surface area contributed by atoms with Crippen LogP contribution in [0.2, 0.25) is 0 Å². The molecule has 0 spiro atoms. The van der Waals surface area contributed by atoms with E-state index >= 15 is 0 Å². The SMILES string of the molecule is C=CCC(C)Nc1cccc(OC(C)C)c1[N+](=O)[O-]. The van der Waals surface area contributed by atoms with E-state index in [4.69, 9.17) is 4.74 Å². The van der Waals surface area contributed by atoms with Gasteiger partial charge in [0.05, 0.1) is 11.0 Å². The third-order valence-corrected chi connectivity index (χ3v) is 2.47. The second-order valence-electron chi connectivity index (χ2n) is 4.65. The zero-order valence-corrected chi connectivity index (χ0v) is 11.6. The summed E-state index contributed by atoms with van der Waals surface area (Å²) in [6.45, 7) is 9.28. The number of nitro benzene ring substituents is 1. The number of para-hydroxylation sites is 1. The van der Waals surface area contributed by atoms with Crippen molar-refractivity contribution >= 4 is 11.4 Å². The summed E-state index contributed by atoms with van der Waals surface area (Å²) >= 11 is 0.